The van der Waals surface area contributed by atoms with Gasteiger partial charge in [-0.1, -0.05) is 334 Å². The van der Waals surface area contributed by atoms with E-state index in [1.54, 1.807) is 6.08 Å². The minimum absolute atomic E-state index is 0.00530. The van der Waals surface area contributed by atoms with Crippen LogP contribution in [-0.2, 0) is 14.3 Å². The number of aliphatic hydroxyl groups is 2. The molecule has 3 N–H and O–H groups in total. The highest BCUT2D eigenvalue weighted by atomic mass is 16.5. The smallest absolute Gasteiger partial charge is 0.305 e. The van der Waals surface area contributed by atoms with E-state index < -0.39 is 12.1 Å². The van der Waals surface area contributed by atoms with E-state index in [2.05, 4.69) is 31.3 Å². The first-order valence-electron chi connectivity index (χ1n) is 34.1. The summed E-state index contributed by atoms with van der Waals surface area (Å²) in [6, 6.07) is -0.628. The van der Waals surface area contributed by atoms with Gasteiger partial charge >= 0.3 is 5.97 Å². The van der Waals surface area contributed by atoms with Crippen molar-refractivity contribution in [1.29, 1.82) is 0 Å². The average molecular weight is 1060 g/mol. The van der Waals surface area contributed by atoms with E-state index in [0.717, 1.165) is 44.9 Å². The summed E-state index contributed by atoms with van der Waals surface area (Å²) in [6.07, 6.45) is 81.0. The van der Waals surface area contributed by atoms with E-state index in [0.29, 0.717) is 19.4 Å². The average Bonchev–Trinajstić information content (AvgIpc) is 3.41. The zero-order valence-electron chi connectivity index (χ0n) is 50.8. The molecule has 0 heterocycles. The number of allylic oxidation sites excluding steroid dienone is 3. The van der Waals surface area contributed by atoms with E-state index in [4.69, 9.17) is 4.74 Å². The third kappa shape index (κ3) is 61.4. The van der Waals surface area contributed by atoms with E-state index in [1.165, 1.54) is 308 Å². The predicted molar refractivity (Wildman–Crippen MR) is 329 cm³/mol. The number of carbonyl (C=O) groups excluding carboxylic acids is 2. The Balaban J connectivity index is 3.41. The summed E-state index contributed by atoms with van der Waals surface area (Å²) in [6.45, 7) is 4.92. The van der Waals surface area contributed by atoms with Gasteiger partial charge in [-0.15, -0.1) is 0 Å². The van der Waals surface area contributed by atoms with E-state index in [9.17, 15) is 19.8 Å². The monoisotopic (exact) mass is 1060 g/mol. The first-order valence-corrected chi connectivity index (χ1v) is 34.1. The van der Waals surface area contributed by atoms with Crippen LogP contribution in [0.4, 0.5) is 0 Å². The molecule has 2 atom stereocenters. The maximum Gasteiger partial charge on any atom is 0.305 e. The molecule has 0 bridgehead atoms. The molecule has 0 aromatic heterocycles. The predicted octanol–water partition coefficient (Wildman–Crippen LogP) is 21.8. The normalized spacial score (nSPS) is 12.6. The molecule has 0 spiro atoms. The molecule has 75 heavy (non-hydrogen) atoms. The lowest BCUT2D eigenvalue weighted by molar-refractivity contribution is -0.143. The highest BCUT2D eigenvalue weighted by molar-refractivity contribution is 5.76. The zero-order chi connectivity index (χ0) is 54.3. The van der Waals surface area contributed by atoms with Crippen molar-refractivity contribution in [3.63, 3.8) is 0 Å². The fourth-order valence-corrected chi connectivity index (χ4v) is 10.7. The van der Waals surface area contributed by atoms with Crippen molar-refractivity contribution in [3.8, 4) is 0 Å². The second-order valence-corrected chi connectivity index (χ2v) is 23.5. The molecule has 6 nitrogen and oxygen atoms in total. The molecular formula is C69H133NO5. The third-order valence-electron chi connectivity index (χ3n) is 16.0. The Morgan fingerprint density at radius 3 is 0.960 bits per heavy atom. The maximum absolute atomic E-state index is 12.5. The molecule has 0 aliphatic rings. The maximum atomic E-state index is 12.5. The fraction of sp³-hybridized carbons (Fsp3) is 0.913. The topological polar surface area (TPSA) is 95.9 Å². The van der Waals surface area contributed by atoms with E-state index in [1.807, 2.05) is 6.08 Å². The van der Waals surface area contributed by atoms with Crippen molar-refractivity contribution in [2.24, 2.45) is 0 Å². The second kappa shape index (κ2) is 64.9. The van der Waals surface area contributed by atoms with Crippen LogP contribution in [0.15, 0.2) is 24.3 Å². The van der Waals surface area contributed by atoms with Gasteiger partial charge in [-0.3, -0.25) is 9.59 Å². The molecule has 0 aliphatic carbocycles. The number of nitrogens with one attached hydrogen (secondary N) is 1. The minimum Gasteiger partial charge on any atom is -0.466 e. The van der Waals surface area contributed by atoms with Crippen LogP contribution in [0, 0.1) is 0 Å². The second-order valence-electron chi connectivity index (χ2n) is 23.5. The number of ether oxygens (including phenoxy) is 1. The molecule has 0 aromatic carbocycles. The van der Waals surface area contributed by atoms with Crippen molar-refractivity contribution in [2.45, 2.75) is 392 Å². The van der Waals surface area contributed by atoms with E-state index in [-0.39, 0.29) is 18.5 Å². The number of esters is 1. The first kappa shape index (κ1) is 73.3. The molecular weight excluding hydrogens is 923 g/mol. The molecule has 0 saturated heterocycles. The summed E-state index contributed by atoms with van der Waals surface area (Å²) in [5.41, 5.74) is 0. The number of carbonyl (C=O) groups is 2. The van der Waals surface area contributed by atoms with Crippen LogP contribution in [0.25, 0.3) is 0 Å². The Kier molecular flexibility index (Phi) is 63.4. The highest BCUT2D eigenvalue weighted by Gasteiger charge is 2.18. The van der Waals surface area contributed by atoms with Crippen molar-refractivity contribution in [1.82, 2.24) is 5.32 Å². The molecule has 0 rings (SSSR count). The Labute approximate surface area is 469 Å². The molecule has 444 valence electrons. The molecule has 2 unspecified atom stereocenters. The lowest BCUT2D eigenvalue weighted by atomic mass is 10.0. The SMILES string of the molecule is CCCCCC/C=C\CCCCCCCC(=O)OCCCCCCCCCCCCCCCCCCCCCCCCCC(=O)NC(CO)C(O)/C=C/CCCCCCCCCCCCCCCCCCCCCC. The lowest BCUT2D eigenvalue weighted by Crippen LogP contribution is -2.45. The van der Waals surface area contributed by atoms with Crippen LogP contribution in [0.1, 0.15) is 380 Å². The number of amides is 1. The largest absolute Gasteiger partial charge is 0.466 e. The highest BCUT2D eigenvalue weighted by Crippen LogP contribution is 2.19. The standard InChI is InChI=1S/C69H133NO5/c1-3-5-7-9-11-13-15-17-18-19-20-21-25-28-31-34-38-41-45-49-53-57-61-67(72)66(65-71)70-68(73)62-58-54-50-46-42-39-35-32-29-26-23-22-24-27-30-33-36-40-44-48-52-56-60-64-75-69(74)63-59-55-51-47-43-37-16-14-12-10-8-6-4-2/h14,16,57,61,66-67,71-72H,3-13,15,17-56,58-60,62-65H2,1-2H3,(H,70,73)/b16-14-,61-57+. The van der Waals surface area contributed by atoms with Gasteiger partial charge < -0.3 is 20.3 Å². The lowest BCUT2D eigenvalue weighted by Gasteiger charge is -2.20. The van der Waals surface area contributed by atoms with Crippen LogP contribution in [0.5, 0.6) is 0 Å². The molecule has 0 aromatic rings. The van der Waals surface area contributed by atoms with Gasteiger partial charge in [0, 0.05) is 12.8 Å². The van der Waals surface area contributed by atoms with E-state index >= 15 is 0 Å². The summed E-state index contributed by atoms with van der Waals surface area (Å²) < 4.78 is 5.48. The fourth-order valence-electron chi connectivity index (χ4n) is 10.7. The summed E-state index contributed by atoms with van der Waals surface area (Å²) in [7, 11) is 0. The molecule has 6 heteroatoms. The quantitative estimate of drug-likeness (QED) is 0.0320. The van der Waals surface area contributed by atoms with Gasteiger partial charge in [0.25, 0.3) is 0 Å². The van der Waals surface area contributed by atoms with Crippen molar-refractivity contribution < 1.29 is 24.5 Å². The number of unbranched alkanes of at least 4 members (excludes halogenated alkanes) is 51. The Bertz CT molecular complexity index is 1170. The molecule has 0 fully saturated rings. The molecule has 0 aliphatic heterocycles. The van der Waals surface area contributed by atoms with Gasteiger partial charge in [-0.05, 0) is 57.8 Å². The van der Waals surface area contributed by atoms with Crippen LogP contribution < -0.4 is 5.32 Å². The van der Waals surface area contributed by atoms with Crippen molar-refractivity contribution in [2.75, 3.05) is 13.2 Å². The van der Waals surface area contributed by atoms with Gasteiger partial charge in [-0.25, -0.2) is 0 Å². The van der Waals surface area contributed by atoms with Crippen LogP contribution in [0.3, 0.4) is 0 Å². The summed E-state index contributed by atoms with van der Waals surface area (Å²) in [5.74, 6) is -0.0582. The zero-order valence-corrected chi connectivity index (χ0v) is 50.8. The number of rotatable bonds is 64. The Morgan fingerprint density at radius 2 is 0.627 bits per heavy atom. The molecule has 0 saturated carbocycles. The number of hydrogen-bond donors (Lipinski definition) is 3. The third-order valence-corrected chi connectivity index (χ3v) is 16.0. The summed E-state index contributed by atoms with van der Waals surface area (Å²) in [4.78, 5) is 24.6. The summed E-state index contributed by atoms with van der Waals surface area (Å²) >= 11 is 0. The molecule has 0 radical (unpaired) electrons. The first-order chi connectivity index (χ1) is 37.0. The van der Waals surface area contributed by atoms with Gasteiger partial charge in [0.15, 0.2) is 0 Å². The minimum atomic E-state index is -0.845. The number of hydrogen-bond acceptors (Lipinski definition) is 5. The van der Waals surface area contributed by atoms with Gasteiger partial charge in [-0.2, -0.15) is 0 Å². The summed E-state index contributed by atoms with van der Waals surface area (Å²) in [5, 5.41) is 23.3. The van der Waals surface area contributed by atoms with Gasteiger partial charge in [0.1, 0.15) is 0 Å². The van der Waals surface area contributed by atoms with Crippen LogP contribution >= 0.6 is 0 Å². The Hall–Kier alpha value is -1.66. The molecule has 1 amide bonds. The Morgan fingerprint density at radius 1 is 0.360 bits per heavy atom. The van der Waals surface area contributed by atoms with Crippen LogP contribution in [0.2, 0.25) is 0 Å². The van der Waals surface area contributed by atoms with Crippen molar-refractivity contribution in [3.05, 3.63) is 24.3 Å². The van der Waals surface area contributed by atoms with Gasteiger partial charge in [0.2, 0.25) is 5.91 Å². The van der Waals surface area contributed by atoms with Gasteiger partial charge in [0.05, 0.1) is 25.4 Å². The van der Waals surface area contributed by atoms with Crippen molar-refractivity contribution >= 4 is 11.9 Å². The van der Waals surface area contributed by atoms with Crippen LogP contribution in [-0.4, -0.2) is 47.4 Å². The number of aliphatic hydroxyl groups excluding tert-OH is 2.